The average molecular weight is 361 g/mol. The molecule has 0 spiro atoms. The summed E-state index contributed by atoms with van der Waals surface area (Å²) in [5, 5.41) is 24.2. The van der Waals surface area contributed by atoms with Gasteiger partial charge in [0.15, 0.2) is 6.61 Å². The highest BCUT2D eigenvalue weighted by Crippen LogP contribution is 2.29. The molecule has 1 N–H and O–H groups in total. The SMILES string of the molecule is COc1ccc(NC(=O)COc2ccc([N+](=O)[O-])c(C)c2)c([N+](=O)[O-])c1. The number of aryl methyl sites for hydroxylation is 1. The number of anilines is 1. The van der Waals surface area contributed by atoms with Gasteiger partial charge < -0.3 is 14.8 Å². The lowest BCUT2D eigenvalue weighted by atomic mass is 10.2. The van der Waals surface area contributed by atoms with E-state index in [9.17, 15) is 25.0 Å². The lowest BCUT2D eigenvalue weighted by Gasteiger charge is -2.09. The first-order chi connectivity index (χ1) is 12.3. The Morgan fingerprint density at radius 2 is 1.69 bits per heavy atom. The standard InChI is InChI=1S/C16H15N3O7/c1-10-7-12(4-6-14(10)18(21)22)26-9-16(20)17-13-5-3-11(25-2)8-15(13)19(23)24/h3-8H,9H2,1-2H3,(H,17,20). The smallest absolute Gasteiger partial charge is 0.296 e. The van der Waals surface area contributed by atoms with Crippen molar-refractivity contribution in [3.05, 3.63) is 62.2 Å². The molecule has 26 heavy (non-hydrogen) atoms. The molecule has 0 unspecified atom stereocenters. The van der Waals surface area contributed by atoms with Crippen molar-refractivity contribution in [2.45, 2.75) is 6.92 Å². The molecule has 0 heterocycles. The van der Waals surface area contributed by atoms with Crippen LogP contribution >= 0.6 is 0 Å². The molecule has 2 aromatic carbocycles. The third-order valence-electron chi connectivity index (χ3n) is 3.41. The van der Waals surface area contributed by atoms with E-state index >= 15 is 0 Å². The summed E-state index contributed by atoms with van der Waals surface area (Å²) in [4.78, 5) is 32.7. The fraction of sp³-hybridized carbons (Fsp3) is 0.188. The normalized spacial score (nSPS) is 10.1. The van der Waals surface area contributed by atoms with Crippen LogP contribution in [0.4, 0.5) is 17.1 Å². The summed E-state index contributed by atoms with van der Waals surface area (Å²) in [5.41, 5.74) is 0.0162. The van der Waals surface area contributed by atoms with Gasteiger partial charge in [-0.2, -0.15) is 0 Å². The molecule has 0 atom stereocenters. The Labute approximate surface area is 147 Å². The Kier molecular flexibility index (Phi) is 5.68. The van der Waals surface area contributed by atoms with E-state index < -0.39 is 22.4 Å². The van der Waals surface area contributed by atoms with Crippen molar-refractivity contribution in [3.63, 3.8) is 0 Å². The number of hydrogen-bond donors (Lipinski definition) is 1. The van der Waals surface area contributed by atoms with E-state index in [1.807, 2.05) is 0 Å². The Bertz CT molecular complexity index is 867. The Hall–Kier alpha value is -3.69. The van der Waals surface area contributed by atoms with Crippen LogP contribution in [-0.2, 0) is 4.79 Å². The molecule has 0 radical (unpaired) electrons. The maximum Gasteiger partial charge on any atom is 0.296 e. The minimum Gasteiger partial charge on any atom is -0.496 e. The van der Waals surface area contributed by atoms with Crippen LogP contribution < -0.4 is 14.8 Å². The van der Waals surface area contributed by atoms with Gasteiger partial charge in [-0.1, -0.05) is 0 Å². The maximum absolute atomic E-state index is 12.0. The molecule has 0 bridgehead atoms. The average Bonchev–Trinajstić information content (AvgIpc) is 2.59. The van der Waals surface area contributed by atoms with Gasteiger partial charge in [-0.15, -0.1) is 0 Å². The molecule has 0 saturated heterocycles. The maximum atomic E-state index is 12.0. The van der Waals surface area contributed by atoms with Crippen molar-refractivity contribution in [2.24, 2.45) is 0 Å². The molecule has 0 fully saturated rings. The Balaban J connectivity index is 2.04. The molecule has 2 rings (SSSR count). The molecule has 136 valence electrons. The third-order valence-corrected chi connectivity index (χ3v) is 3.41. The summed E-state index contributed by atoms with van der Waals surface area (Å²) in [6.45, 7) is 1.13. The number of carbonyl (C=O) groups excluding carboxylic acids is 1. The molecular formula is C16H15N3O7. The number of nitrogens with zero attached hydrogens (tertiary/aromatic N) is 2. The van der Waals surface area contributed by atoms with Crippen LogP contribution in [0.3, 0.4) is 0 Å². The van der Waals surface area contributed by atoms with Gasteiger partial charge in [0.2, 0.25) is 0 Å². The van der Waals surface area contributed by atoms with Crippen LogP contribution in [0.15, 0.2) is 36.4 Å². The second kappa shape index (κ2) is 7.92. The number of nitrogens with one attached hydrogen (secondary N) is 1. The van der Waals surface area contributed by atoms with E-state index in [0.717, 1.165) is 0 Å². The zero-order chi connectivity index (χ0) is 19.3. The van der Waals surface area contributed by atoms with Gasteiger partial charge in [0.05, 0.1) is 23.0 Å². The minimum atomic E-state index is -0.640. The van der Waals surface area contributed by atoms with Gasteiger partial charge in [-0.05, 0) is 31.2 Å². The van der Waals surface area contributed by atoms with Crippen molar-refractivity contribution in [3.8, 4) is 11.5 Å². The fourth-order valence-electron chi connectivity index (χ4n) is 2.15. The van der Waals surface area contributed by atoms with E-state index in [-0.39, 0.29) is 28.6 Å². The minimum absolute atomic E-state index is 0.00396. The summed E-state index contributed by atoms with van der Waals surface area (Å²) in [6, 6.07) is 8.09. The zero-order valence-corrected chi connectivity index (χ0v) is 13.9. The first-order valence-corrected chi connectivity index (χ1v) is 7.32. The van der Waals surface area contributed by atoms with Crippen LogP contribution in [0.1, 0.15) is 5.56 Å². The highest BCUT2D eigenvalue weighted by molar-refractivity contribution is 5.94. The van der Waals surface area contributed by atoms with Crippen LogP contribution in [0, 0.1) is 27.2 Å². The van der Waals surface area contributed by atoms with Crippen LogP contribution in [-0.4, -0.2) is 29.5 Å². The lowest BCUT2D eigenvalue weighted by Crippen LogP contribution is -2.20. The summed E-state index contributed by atoms with van der Waals surface area (Å²) in [7, 11) is 1.37. The highest BCUT2D eigenvalue weighted by atomic mass is 16.6. The van der Waals surface area contributed by atoms with Gasteiger partial charge in [0, 0.05) is 11.6 Å². The Morgan fingerprint density at radius 3 is 2.27 bits per heavy atom. The number of nitro benzene ring substituents is 2. The van der Waals surface area contributed by atoms with E-state index in [2.05, 4.69) is 5.32 Å². The summed E-state index contributed by atoms with van der Waals surface area (Å²) in [6.07, 6.45) is 0. The number of nitro groups is 2. The number of ether oxygens (including phenoxy) is 2. The first-order valence-electron chi connectivity index (χ1n) is 7.32. The first kappa shape index (κ1) is 18.6. The monoisotopic (exact) mass is 361 g/mol. The van der Waals surface area contributed by atoms with E-state index in [0.29, 0.717) is 5.56 Å². The molecule has 1 amide bonds. The molecule has 10 nitrogen and oxygen atoms in total. The number of hydrogen-bond acceptors (Lipinski definition) is 7. The summed E-state index contributed by atoms with van der Waals surface area (Å²) in [5.74, 6) is -0.0611. The second-order valence-electron chi connectivity index (χ2n) is 5.18. The number of benzene rings is 2. The number of amides is 1. The van der Waals surface area contributed by atoms with Crippen LogP contribution in [0.2, 0.25) is 0 Å². The molecule has 0 aromatic heterocycles. The van der Waals surface area contributed by atoms with Gasteiger partial charge in [0.1, 0.15) is 17.2 Å². The zero-order valence-electron chi connectivity index (χ0n) is 13.9. The van der Waals surface area contributed by atoms with Gasteiger partial charge in [-0.3, -0.25) is 25.0 Å². The molecule has 0 aliphatic rings. The summed E-state index contributed by atoms with van der Waals surface area (Å²) >= 11 is 0. The molecule has 10 heteroatoms. The predicted molar refractivity (Wildman–Crippen MR) is 91.6 cm³/mol. The fourth-order valence-corrected chi connectivity index (χ4v) is 2.15. The quantitative estimate of drug-likeness (QED) is 0.592. The Morgan fingerprint density at radius 1 is 1.04 bits per heavy atom. The van der Waals surface area contributed by atoms with Gasteiger partial charge in [-0.25, -0.2) is 0 Å². The van der Waals surface area contributed by atoms with Crippen molar-refractivity contribution < 1.29 is 24.1 Å². The summed E-state index contributed by atoms with van der Waals surface area (Å²) < 4.78 is 10.2. The van der Waals surface area contributed by atoms with E-state index in [1.54, 1.807) is 6.92 Å². The molecular weight excluding hydrogens is 346 g/mol. The van der Waals surface area contributed by atoms with E-state index in [1.165, 1.54) is 43.5 Å². The molecule has 2 aromatic rings. The largest absolute Gasteiger partial charge is 0.496 e. The topological polar surface area (TPSA) is 134 Å². The molecule has 0 saturated carbocycles. The number of rotatable bonds is 7. The third kappa shape index (κ3) is 4.44. The number of methoxy groups -OCH3 is 1. The van der Waals surface area contributed by atoms with Crippen molar-refractivity contribution >= 4 is 23.0 Å². The molecule has 0 aliphatic heterocycles. The van der Waals surface area contributed by atoms with Crippen molar-refractivity contribution in [1.82, 2.24) is 0 Å². The van der Waals surface area contributed by atoms with Gasteiger partial charge in [0.25, 0.3) is 17.3 Å². The second-order valence-corrected chi connectivity index (χ2v) is 5.18. The highest BCUT2D eigenvalue weighted by Gasteiger charge is 2.18. The van der Waals surface area contributed by atoms with Crippen LogP contribution in [0.5, 0.6) is 11.5 Å². The lowest BCUT2D eigenvalue weighted by molar-refractivity contribution is -0.385. The predicted octanol–water partition coefficient (Wildman–Crippen LogP) is 2.84. The van der Waals surface area contributed by atoms with Crippen molar-refractivity contribution in [2.75, 3.05) is 19.0 Å². The van der Waals surface area contributed by atoms with Crippen molar-refractivity contribution in [1.29, 1.82) is 0 Å². The van der Waals surface area contributed by atoms with Gasteiger partial charge >= 0.3 is 0 Å². The van der Waals surface area contributed by atoms with E-state index in [4.69, 9.17) is 9.47 Å². The molecule has 0 aliphatic carbocycles. The van der Waals surface area contributed by atoms with Crippen LogP contribution in [0.25, 0.3) is 0 Å². The number of carbonyl (C=O) groups is 1.